The van der Waals surface area contributed by atoms with Gasteiger partial charge in [-0.25, -0.2) is 4.79 Å². The van der Waals surface area contributed by atoms with Gasteiger partial charge in [-0.1, -0.05) is 11.6 Å². The first-order valence-electron chi connectivity index (χ1n) is 6.85. The van der Waals surface area contributed by atoms with E-state index in [2.05, 4.69) is 10.4 Å². The molecule has 0 aliphatic carbocycles. The number of nitrogens with zero attached hydrogens (tertiary/aromatic N) is 2. The Morgan fingerprint density at radius 3 is 2.62 bits per heavy atom. The van der Waals surface area contributed by atoms with Crippen molar-refractivity contribution in [2.24, 2.45) is 5.73 Å². The second kappa shape index (κ2) is 7.02. The number of amides is 2. The smallest absolute Gasteiger partial charge is 0.341 e. The number of aromatic nitrogens is 2. The first-order chi connectivity index (χ1) is 11.3. The average Bonchev–Trinajstić information content (AvgIpc) is 3.07. The summed E-state index contributed by atoms with van der Waals surface area (Å²) in [6.45, 7) is 3.95. The second-order valence-electron chi connectivity index (χ2n) is 4.75. The summed E-state index contributed by atoms with van der Waals surface area (Å²) in [5, 5.41) is 6.93. The third kappa shape index (κ3) is 3.26. The van der Waals surface area contributed by atoms with Crippen molar-refractivity contribution in [2.45, 2.75) is 20.4 Å². The molecule has 10 heteroatoms. The zero-order chi connectivity index (χ0) is 18.0. The summed E-state index contributed by atoms with van der Waals surface area (Å²) in [6.07, 6.45) is 1.52. The fourth-order valence-corrected chi connectivity index (χ4v) is 3.34. The number of esters is 1. The number of aryl methyl sites for hydroxylation is 1. The fourth-order valence-electron chi connectivity index (χ4n) is 2.06. The molecule has 0 saturated carbocycles. The minimum Gasteiger partial charge on any atom is -0.465 e. The average molecular weight is 371 g/mol. The molecule has 0 fully saturated rings. The molecule has 0 unspecified atom stereocenters. The lowest BCUT2D eigenvalue weighted by Gasteiger charge is -2.05. The molecule has 2 heterocycles. The highest BCUT2D eigenvalue weighted by Crippen LogP contribution is 2.34. The molecule has 3 N–H and O–H groups in total. The predicted octanol–water partition coefficient (Wildman–Crippen LogP) is 2.06. The molecule has 24 heavy (non-hydrogen) atoms. The Kier molecular flexibility index (Phi) is 5.25. The molecule has 0 bridgehead atoms. The van der Waals surface area contributed by atoms with Crippen LogP contribution in [0.1, 0.15) is 43.0 Å². The molecular weight excluding hydrogens is 356 g/mol. The summed E-state index contributed by atoms with van der Waals surface area (Å²) in [4.78, 5) is 36.0. The Labute approximate surface area is 146 Å². The zero-order valence-corrected chi connectivity index (χ0v) is 14.7. The van der Waals surface area contributed by atoms with Gasteiger partial charge in [0.05, 0.1) is 22.6 Å². The van der Waals surface area contributed by atoms with Gasteiger partial charge in [-0.3, -0.25) is 14.3 Å². The van der Waals surface area contributed by atoms with Crippen molar-refractivity contribution in [1.29, 1.82) is 0 Å². The van der Waals surface area contributed by atoms with Crippen LogP contribution in [0.15, 0.2) is 6.20 Å². The van der Waals surface area contributed by atoms with E-state index in [1.54, 1.807) is 6.92 Å². The van der Waals surface area contributed by atoms with E-state index in [1.165, 1.54) is 18.0 Å². The molecule has 2 aromatic heterocycles. The van der Waals surface area contributed by atoms with Crippen molar-refractivity contribution in [3.8, 4) is 0 Å². The SMILES string of the molecule is CCn1cc(Cl)c(C(=O)Nc2sc(C(N)=O)c(C)c2C(=O)OC)n1. The number of rotatable bonds is 5. The van der Waals surface area contributed by atoms with Crippen LogP contribution in [0, 0.1) is 6.92 Å². The highest BCUT2D eigenvalue weighted by molar-refractivity contribution is 7.18. The number of thiophene rings is 1. The molecule has 0 spiro atoms. The van der Waals surface area contributed by atoms with Crippen molar-refractivity contribution in [2.75, 3.05) is 12.4 Å². The van der Waals surface area contributed by atoms with Crippen LogP contribution in [-0.4, -0.2) is 34.7 Å². The Hall–Kier alpha value is -2.39. The lowest BCUT2D eigenvalue weighted by molar-refractivity contribution is 0.0601. The lowest BCUT2D eigenvalue weighted by Crippen LogP contribution is -2.15. The molecule has 128 valence electrons. The highest BCUT2D eigenvalue weighted by Gasteiger charge is 2.26. The minimum atomic E-state index is -0.698. The molecule has 0 atom stereocenters. The summed E-state index contributed by atoms with van der Waals surface area (Å²) >= 11 is 6.89. The summed E-state index contributed by atoms with van der Waals surface area (Å²) in [7, 11) is 1.20. The van der Waals surface area contributed by atoms with Gasteiger partial charge in [0.2, 0.25) is 0 Å². The number of ether oxygens (including phenoxy) is 1. The number of carbonyl (C=O) groups excluding carboxylic acids is 3. The largest absolute Gasteiger partial charge is 0.465 e. The number of methoxy groups -OCH3 is 1. The Balaban J connectivity index is 2.42. The Morgan fingerprint density at radius 2 is 2.12 bits per heavy atom. The van der Waals surface area contributed by atoms with E-state index in [0.717, 1.165) is 11.3 Å². The van der Waals surface area contributed by atoms with Crippen LogP contribution < -0.4 is 11.1 Å². The van der Waals surface area contributed by atoms with Gasteiger partial charge in [0.25, 0.3) is 11.8 Å². The van der Waals surface area contributed by atoms with Crippen LogP contribution >= 0.6 is 22.9 Å². The number of primary amides is 1. The van der Waals surface area contributed by atoms with Gasteiger partial charge in [-0.15, -0.1) is 11.3 Å². The van der Waals surface area contributed by atoms with Crippen molar-refractivity contribution in [3.05, 3.63) is 32.9 Å². The number of nitrogens with two attached hydrogens (primary N) is 1. The second-order valence-corrected chi connectivity index (χ2v) is 6.18. The number of hydrogen-bond donors (Lipinski definition) is 2. The topological polar surface area (TPSA) is 116 Å². The van der Waals surface area contributed by atoms with Crippen molar-refractivity contribution in [3.63, 3.8) is 0 Å². The maximum absolute atomic E-state index is 12.4. The summed E-state index contributed by atoms with van der Waals surface area (Å²) in [5.74, 6) is -1.98. The molecule has 0 saturated heterocycles. The molecule has 8 nitrogen and oxygen atoms in total. The molecular formula is C14H15ClN4O4S. The number of halogens is 1. The summed E-state index contributed by atoms with van der Waals surface area (Å²) in [6, 6.07) is 0. The van der Waals surface area contributed by atoms with Gasteiger partial charge < -0.3 is 15.8 Å². The van der Waals surface area contributed by atoms with Crippen LogP contribution in [0.3, 0.4) is 0 Å². The number of hydrogen-bond acceptors (Lipinski definition) is 6. The maximum atomic E-state index is 12.4. The minimum absolute atomic E-state index is 0.0148. The van der Waals surface area contributed by atoms with Crippen LogP contribution in [0.2, 0.25) is 5.02 Å². The molecule has 0 aliphatic heterocycles. The lowest BCUT2D eigenvalue weighted by atomic mass is 10.1. The maximum Gasteiger partial charge on any atom is 0.341 e. The summed E-state index contributed by atoms with van der Waals surface area (Å²) in [5.41, 5.74) is 5.74. The van der Waals surface area contributed by atoms with E-state index in [9.17, 15) is 14.4 Å². The van der Waals surface area contributed by atoms with E-state index in [4.69, 9.17) is 22.1 Å². The standard InChI is InChI=1S/C14H15ClN4O4S/c1-4-19-5-7(15)9(18-19)12(21)17-13-8(14(22)23-3)6(2)10(24-13)11(16)20/h5H,4H2,1-3H3,(H2,16,20)(H,17,21). The molecule has 0 radical (unpaired) electrons. The number of anilines is 1. The van der Waals surface area contributed by atoms with Crippen LogP contribution in [-0.2, 0) is 11.3 Å². The Bertz CT molecular complexity index is 827. The summed E-state index contributed by atoms with van der Waals surface area (Å²) < 4.78 is 6.21. The van der Waals surface area contributed by atoms with Crippen molar-refractivity contribution >= 4 is 45.7 Å². The van der Waals surface area contributed by atoms with Gasteiger partial charge in [0.15, 0.2) is 5.69 Å². The zero-order valence-electron chi connectivity index (χ0n) is 13.2. The third-order valence-electron chi connectivity index (χ3n) is 3.24. The van der Waals surface area contributed by atoms with Crippen LogP contribution in [0.25, 0.3) is 0 Å². The first-order valence-corrected chi connectivity index (χ1v) is 8.05. The molecule has 2 aromatic rings. The first kappa shape index (κ1) is 18.0. The van der Waals surface area contributed by atoms with Gasteiger partial charge in [0, 0.05) is 12.7 Å². The van der Waals surface area contributed by atoms with E-state index in [-0.39, 0.29) is 26.2 Å². The number of carbonyl (C=O) groups is 3. The molecule has 2 rings (SSSR count). The predicted molar refractivity (Wildman–Crippen MR) is 89.8 cm³/mol. The van der Waals surface area contributed by atoms with Crippen molar-refractivity contribution in [1.82, 2.24) is 9.78 Å². The third-order valence-corrected chi connectivity index (χ3v) is 4.74. The van der Waals surface area contributed by atoms with Crippen LogP contribution in [0.5, 0.6) is 0 Å². The van der Waals surface area contributed by atoms with E-state index in [1.807, 2.05) is 6.92 Å². The highest BCUT2D eigenvalue weighted by atomic mass is 35.5. The Morgan fingerprint density at radius 1 is 1.46 bits per heavy atom. The van der Waals surface area contributed by atoms with Gasteiger partial charge in [-0.05, 0) is 19.4 Å². The molecule has 0 aliphatic rings. The van der Waals surface area contributed by atoms with Crippen molar-refractivity contribution < 1.29 is 19.1 Å². The van der Waals surface area contributed by atoms with E-state index in [0.29, 0.717) is 12.1 Å². The monoisotopic (exact) mass is 370 g/mol. The van der Waals surface area contributed by atoms with E-state index < -0.39 is 17.8 Å². The van der Waals surface area contributed by atoms with E-state index >= 15 is 0 Å². The van der Waals surface area contributed by atoms with Gasteiger partial charge in [-0.2, -0.15) is 5.10 Å². The fraction of sp³-hybridized carbons (Fsp3) is 0.286. The molecule has 0 aromatic carbocycles. The number of nitrogens with one attached hydrogen (secondary N) is 1. The van der Waals surface area contributed by atoms with Gasteiger partial charge >= 0.3 is 5.97 Å². The van der Waals surface area contributed by atoms with Gasteiger partial charge in [0.1, 0.15) is 5.00 Å². The normalized spacial score (nSPS) is 10.5. The molecule has 2 amide bonds. The quantitative estimate of drug-likeness (QED) is 0.781. The van der Waals surface area contributed by atoms with Crippen LogP contribution in [0.4, 0.5) is 5.00 Å².